The summed E-state index contributed by atoms with van der Waals surface area (Å²) < 4.78 is 0. The number of carbonyl (C=O) groups excluding carboxylic acids is 1. The molecule has 0 aliphatic heterocycles. The third-order valence-corrected chi connectivity index (χ3v) is 1.56. The average Bonchev–Trinajstić information content (AvgIpc) is 2.00. The summed E-state index contributed by atoms with van der Waals surface area (Å²) >= 11 is 0. The van der Waals surface area contributed by atoms with E-state index in [1.54, 1.807) is 0 Å². The van der Waals surface area contributed by atoms with E-state index in [0.29, 0.717) is 6.42 Å². The summed E-state index contributed by atoms with van der Waals surface area (Å²) in [5.74, 6) is -0.0209. The van der Waals surface area contributed by atoms with Crippen LogP contribution in [-0.2, 0) is 4.79 Å². The molecule has 0 aromatic carbocycles. The first kappa shape index (κ1) is 10.4. The van der Waals surface area contributed by atoms with Crippen LogP contribution < -0.4 is 5.32 Å². The number of aliphatic hydroxyl groups is 1. The minimum atomic E-state index is -0.0634. The molecule has 1 amide bonds. The molecule has 0 aromatic rings. The Kier molecular flexibility index (Phi) is 5.84. The van der Waals surface area contributed by atoms with Gasteiger partial charge in [0, 0.05) is 19.1 Å². The van der Waals surface area contributed by atoms with Crippen LogP contribution in [0.3, 0.4) is 0 Å². The average molecular weight is 159 g/mol. The van der Waals surface area contributed by atoms with Crippen LogP contribution in [0.5, 0.6) is 0 Å². The molecule has 0 fully saturated rings. The number of carbonyl (C=O) groups is 1. The maximum atomic E-state index is 11.1. The van der Waals surface area contributed by atoms with Crippen LogP contribution in [0.25, 0.3) is 0 Å². The van der Waals surface area contributed by atoms with Gasteiger partial charge in [-0.1, -0.05) is 13.8 Å². The molecule has 3 heteroatoms. The Morgan fingerprint density at radius 1 is 1.64 bits per heavy atom. The number of amides is 1. The van der Waals surface area contributed by atoms with E-state index >= 15 is 0 Å². The van der Waals surface area contributed by atoms with Crippen molar-refractivity contribution in [2.45, 2.75) is 26.7 Å². The van der Waals surface area contributed by atoms with E-state index in [-0.39, 0.29) is 18.4 Å². The maximum absolute atomic E-state index is 11.1. The third-order valence-electron chi connectivity index (χ3n) is 1.56. The Morgan fingerprint density at radius 3 is 2.73 bits per heavy atom. The van der Waals surface area contributed by atoms with Gasteiger partial charge in [-0.25, -0.2) is 0 Å². The lowest BCUT2D eigenvalue weighted by Crippen LogP contribution is -2.30. The summed E-state index contributed by atoms with van der Waals surface area (Å²) in [4.78, 5) is 11.1. The molecule has 0 saturated heterocycles. The Hall–Kier alpha value is -0.570. The maximum Gasteiger partial charge on any atom is 0.222 e. The smallest absolute Gasteiger partial charge is 0.222 e. The van der Waals surface area contributed by atoms with Gasteiger partial charge in [-0.15, -0.1) is 0 Å². The summed E-state index contributed by atoms with van der Waals surface area (Å²) in [6.07, 6.45) is 1.51. The van der Waals surface area contributed by atoms with E-state index in [9.17, 15) is 4.79 Å². The molecule has 0 aromatic heterocycles. The first-order valence-corrected chi connectivity index (χ1v) is 4.11. The fourth-order valence-corrected chi connectivity index (χ4v) is 0.747. The van der Waals surface area contributed by atoms with Crippen LogP contribution in [0.4, 0.5) is 0 Å². The number of hydrogen-bond acceptors (Lipinski definition) is 2. The lowest BCUT2D eigenvalue weighted by molar-refractivity contribution is -0.124. The molecular formula is C8H17NO2. The van der Waals surface area contributed by atoms with E-state index in [2.05, 4.69) is 5.32 Å². The molecule has 3 nitrogen and oxygen atoms in total. The SMILES string of the molecule is CCCNC(=O)C(C)CCO. The number of nitrogens with one attached hydrogen (secondary N) is 1. The second kappa shape index (κ2) is 6.16. The summed E-state index contributed by atoms with van der Waals surface area (Å²) in [5, 5.41) is 11.3. The first-order valence-electron chi connectivity index (χ1n) is 4.11. The molecule has 1 atom stereocenters. The van der Waals surface area contributed by atoms with E-state index in [1.165, 1.54) is 0 Å². The third kappa shape index (κ3) is 4.79. The minimum Gasteiger partial charge on any atom is -0.396 e. The molecule has 0 aliphatic carbocycles. The Balaban J connectivity index is 3.47. The second-order valence-electron chi connectivity index (χ2n) is 2.70. The van der Waals surface area contributed by atoms with Gasteiger partial charge in [-0.2, -0.15) is 0 Å². The summed E-state index contributed by atoms with van der Waals surface area (Å²) in [5.41, 5.74) is 0. The lowest BCUT2D eigenvalue weighted by atomic mass is 10.1. The van der Waals surface area contributed by atoms with E-state index in [4.69, 9.17) is 5.11 Å². The zero-order chi connectivity index (χ0) is 8.69. The van der Waals surface area contributed by atoms with Crippen LogP contribution in [-0.4, -0.2) is 24.2 Å². The van der Waals surface area contributed by atoms with Gasteiger partial charge in [0.05, 0.1) is 0 Å². The fourth-order valence-electron chi connectivity index (χ4n) is 0.747. The number of rotatable bonds is 5. The first-order chi connectivity index (χ1) is 5.22. The molecule has 2 N–H and O–H groups in total. The number of hydrogen-bond donors (Lipinski definition) is 2. The van der Waals surface area contributed by atoms with Gasteiger partial charge in [0.1, 0.15) is 0 Å². The topological polar surface area (TPSA) is 49.3 Å². The highest BCUT2D eigenvalue weighted by Crippen LogP contribution is 1.99. The van der Waals surface area contributed by atoms with Crippen LogP contribution >= 0.6 is 0 Å². The molecule has 0 spiro atoms. The highest BCUT2D eigenvalue weighted by molar-refractivity contribution is 5.78. The quantitative estimate of drug-likeness (QED) is 0.614. The monoisotopic (exact) mass is 159 g/mol. The standard InChI is InChI=1S/C8H17NO2/c1-3-5-9-8(11)7(2)4-6-10/h7,10H,3-6H2,1-2H3,(H,9,11). The van der Waals surface area contributed by atoms with Crippen molar-refractivity contribution in [3.63, 3.8) is 0 Å². The van der Waals surface area contributed by atoms with Crippen molar-refractivity contribution in [3.8, 4) is 0 Å². The van der Waals surface area contributed by atoms with Crippen molar-refractivity contribution >= 4 is 5.91 Å². The van der Waals surface area contributed by atoms with E-state index in [0.717, 1.165) is 13.0 Å². The lowest BCUT2D eigenvalue weighted by Gasteiger charge is -2.09. The molecule has 0 heterocycles. The molecule has 0 bridgehead atoms. The molecule has 1 unspecified atom stereocenters. The summed E-state index contributed by atoms with van der Waals surface area (Å²) in [6.45, 7) is 4.65. The predicted octanol–water partition coefficient (Wildman–Crippen LogP) is 0.531. The predicted molar refractivity (Wildman–Crippen MR) is 44.2 cm³/mol. The van der Waals surface area contributed by atoms with Crippen molar-refractivity contribution in [2.24, 2.45) is 5.92 Å². The van der Waals surface area contributed by atoms with Crippen LogP contribution in [0.15, 0.2) is 0 Å². The van der Waals surface area contributed by atoms with Gasteiger partial charge in [0.15, 0.2) is 0 Å². The highest BCUT2D eigenvalue weighted by Gasteiger charge is 2.09. The van der Waals surface area contributed by atoms with Crippen molar-refractivity contribution in [2.75, 3.05) is 13.2 Å². The molecule has 66 valence electrons. The van der Waals surface area contributed by atoms with Crippen molar-refractivity contribution in [1.82, 2.24) is 5.32 Å². The van der Waals surface area contributed by atoms with Gasteiger partial charge in [-0.05, 0) is 12.8 Å². The van der Waals surface area contributed by atoms with Gasteiger partial charge in [0.25, 0.3) is 0 Å². The highest BCUT2D eigenvalue weighted by atomic mass is 16.3. The Labute approximate surface area is 67.8 Å². The van der Waals surface area contributed by atoms with Crippen LogP contribution in [0.2, 0.25) is 0 Å². The zero-order valence-electron chi connectivity index (χ0n) is 7.26. The molecule has 11 heavy (non-hydrogen) atoms. The summed E-state index contributed by atoms with van der Waals surface area (Å²) in [6, 6.07) is 0. The number of aliphatic hydroxyl groups excluding tert-OH is 1. The van der Waals surface area contributed by atoms with Crippen molar-refractivity contribution in [3.05, 3.63) is 0 Å². The van der Waals surface area contributed by atoms with Crippen LogP contribution in [0.1, 0.15) is 26.7 Å². The van der Waals surface area contributed by atoms with Gasteiger partial charge < -0.3 is 10.4 Å². The molecule has 0 rings (SSSR count). The molecule has 0 aliphatic rings. The van der Waals surface area contributed by atoms with Crippen LogP contribution in [0, 0.1) is 5.92 Å². The van der Waals surface area contributed by atoms with E-state index < -0.39 is 0 Å². The van der Waals surface area contributed by atoms with Crippen molar-refractivity contribution in [1.29, 1.82) is 0 Å². The fraction of sp³-hybridized carbons (Fsp3) is 0.875. The van der Waals surface area contributed by atoms with E-state index in [1.807, 2.05) is 13.8 Å². The molecule has 0 saturated carbocycles. The van der Waals surface area contributed by atoms with Crippen molar-refractivity contribution < 1.29 is 9.90 Å². The molecular weight excluding hydrogens is 142 g/mol. The second-order valence-corrected chi connectivity index (χ2v) is 2.70. The normalized spacial score (nSPS) is 12.6. The Bertz CT molecular complexity index is 115. The van der Waals surface area contributed by atoms with Gasteiger partial charge in [0.2, 0.25) is 5.91 Å². The minimum absolute atomic E-state index is 0.0425. The zero-order valence-corrected chi connectivity index (χ0v) is 7.26. The Morgan fingerprint density at radius 2 is 2.27 bits per heavy atom. The largest absolute Gasteiger partial charge is 0.396 e. The van der Waals surface area contributed by atoms with Gasteiger partial charge in [-0.3, -0.25) is 4.79 Å². The molecule has 0 radical (unpaired) electrons. The van der Waals surface area contributed by atoms with Gasteiger partial charge >= 0.3 is 0 Å². The summed E-state index contributed by atoms with van der Waals surface area (Å²) in [7, 11) is 0.